The number of carbonyl (C=O) groups excluding carboxylic acids is 1. The highest BCUT2D eigenvalue weighted by atomic mass is 19.1. The molecular formula is C18H21FN4O. The summed E-state index contributed by atoms with van der Waals surface area (Å²) in [4.78, 5) is 18.9. The number of aromatic nitrogens is 2. The minimum atomic E-state index is -0.386. The summed E-state index contributed by atoms with van der Waals surface area (Å²) in [5.41, 5.74) is 1.68. The minimum absolute atomic E-state index is 0.0861. The van der Waals surface area contributed by atoms with Gasteiger partial charge >= 0.3 is 0 Å². The van der Waals surface area contributed by atoms with Crippen LogP contribution in [0.2, 0.25) is 0 Å². The molecule has 2 aromatic rings. The molecule has 0 radical (unpaired) electrons. The van der Waals surface area contributed by atoms with Gasteiger partial charge in [0, 0.05) is 31.4 Å². The van der Waals surface area contributed by atoms with Gasteiger partial charge in [-0.05, 0) is 50.0 Å². The fraction of sp³-hybridized carbons (Fsp3) is 0.444. The van der Waals surface area contributed by atoms with Crippen molar-refractivity contribution in [2.75, 3.05) is 19.6 Å². The SMILES string of the molecule is Cn1c(C(=O)NC2CN3CCC2CC3)ccc1-c1ccncc1F. The van der Waals surface area contributed by atoms with E-state index < -0.39 is 0 Å². The quantitative estimate of drug-likeness (QED) is 0.938. The molecule has 3 aliphatic heterocycles. The molecule has 1 amide bonds. The smallest absolute Gasteiger partial charge is 0.268 e. The second-order valence-corrected chi connectivity index (χ2v) is 6.74. The van der Waals surface area contributed by atoms with Crippen molar-refractivity contribution in [3.05, 3.63) is 42.1 Å². The van der Waals surface area contributed by atoms with Crippen LogP contribution in [0.15, 0.2) is 30.6 Å². The van der Waals surface area contributed by atoms with Crippen LogP contribution in [0.4, 0.5) is 4.39 Å². The molecule has 1 unspecified atom stereocenters. The lowest BCUT2D eigenvalue weighted by Crippen LogP contribution is -2.57. The Bertz CT molecular complexity index is 764. The van der Waals surface area contributed by atoms with Gasteiger partial charge in [0.25, 0.3) is 5.91 Å². The Labute approximate surface area is 140 Å². The van der Waals surface area contributed by atoms with E-state index in [1.54, 1.807) is 36.0 Å². The summed E-state index contributed by atoms with van der Waals surface area (Å²) in [6.07, 6.45) is 5.06. The number of hydrogen-bond acceptors (Lipinski definition) is 3. The first kappa shape index (κ1) is 15.3. The van der Waals surface area contributed by atoms with E-state index >= 15 is 0 Å². The van der Waals surface area contributed by atoms with E-state index in [9.17, 15) is 9.18 Å². The third-order valence-electron chi connectivity index (χ3n) is 5.38. The van der Waals surface area contributed by atoms with Gasteiger partial charge in [-0.1, -0.05) is 0 Å². The Morgan fingerprint density at radius 2 is 2.08 bits per heavy atom. The highest BCUT2D eigenvalue weighted by Crippen LogP contribution is 2.28. The fourth-order valence-corrected chi connectivity index (χ4v) is 3.96. The second-order valence-electron chi connectivity index (χ2n) is 6.74. The zero-order valence-electron chi connectivity index (χ0n) is 13.7. The molecule has 5 heterocycles. The Morgan fingerprint density at radius 3 is 2.75 bits per heavy atom. The van der Waals surface area contributed by atoms with Crippen LogP contribution in [0.25, 0.3) is 11.3 Å². The molecule has 0 saturated carbocycles. The molecule has 0 spiro atoms. The van der Waals surface area contributed by atoms with Crippen molar-refractivity contribution in [2.45, 2.75) is 18.9 Å². The number of carbonyl (C=O) groups is 1. The van der Waals surface area contributed by atoms with Crippen molar-refractivity contribution < 1.29 is 9.18 Å². The van der Waals surface area contributed by atoms with Gasteiger partial charge in [0.05, 0.1) is 11.9 Å². The van der Waals surface area contributed by atoms with Crippen LogP contribution in [-0.2, 0) is 7.05 Å². The van der Waals surface area contributed by atoms with Crippen molar-refractivity contribution in [2.24, 2.45) is 13.0 Å². The topological polar surface area (TPSA) is 50.2 Å². The van der Waals surface area contributed by atoms with Crippen LogP contribution >= 0.6 is 0 Å². The monoisotopic (exact) mass is 328 g/mol. The number of rotatable bonds is 3. The summed E-state index contributed by atoms with van der Waals surface area (Å²) in [5.74, 6) is 0.108. The largest absolute Gasteiger partial charge is 0.346 e. The van der Waals surface area contributed by atoms with E-state index in [-0.39, 0.29) is 17.8 Å². The molecule has 3 fully saturated rings. The standard InChI is InChI=1S/C18H21FN4O/c1-22-16(13-4-7-20-10-14(13)19)2-3-17(22)18(24)21-15-11-23-8-5-12(15)6-9-23/h2-4,7,10,12,15H,5-6,8-9,11H2,1H3,(H,21,24). The lowest BCUT2D eigenvalue weighted by atomic mass is 9.84. The van der Waals surface area contributed by atoms with Crippen molar-refractivity contribution in [3.8, 4) is 11.3 Å². The van der Waals surface area contributed by atoms with Gasteiger partial charge < -0.3 is 14.8 Å². The molecule has 24 heavy (non-hydrogen) atoms. The molecule has 3 aliphatic rings. The average molecular weight is 328 g/mol. The zero-order chi connectivity index (χ0) is 16.7. The Kier molecular flexibility index (Phi) is 3.84. The summed E-state index contributed by atoms with van der Waals surface area (Å²) in [6.45, 7) is 3.23. The Balaban J connectivity index is 1.55. The van der Waals surface area contributed by atoms with Crippen LogP contribution in [-0.4, -0.2) is 46.0 Å². The third kappa shape index (κ3) is 2.60. The number of halogens is 1. The number of nitrogens with one attached hydrogen (secondary N) is 1. The van der Waals surface area contributed by atoms with Gasteiger partial charge in [-0.3, -0.25) is 9.78 Å². The molecule has 5 rings (SSSR count). The highest BCUT2D eigenvalue weighted by molar-refractivity contribution is 5.94. The summed E-state index contributed by atoms with van der Waals surface area (Å²) >= 11 is 0. The number of nitrogens with zero attached hydrogens (tertiary/aromatic N) is 3. The number of fused-ring (bicyclic) bond motifs is 3. The van der Waals surface area contributed by atoms with Crippen molar-refractivity contribution >= 4 is 5.91 Å². The lowest BCUT2D eigenvalue weighted by molar-refractivity contribution is 0.0616. The predicted octanol–water partition coefficient (Wildman–Crippen LogP) is 2.05. The molecule has 126 valence electrons. The van der Waals surface area contributed by atoms with Crippen molar-refractivity contribution in [1.82, 2.24) is 19.8 Å². The van der Waals surface area contributed by atoms with E-state index in [0.29, 0.717) is 22.9 Å². The summed E-state index contributed by atoms with van der Waals surface area (Å²) < 4.78 is 15.7. The van der Waals surface area contributed by atoms with E-state index in [4.69, 9.17) is 0 Å². The van der Waals surface area contributed by atoms with Crippen LogP contribution in [0, 0.1) is 11.7 Å². The molecule has 0 aromatic carbocycles. The maximum atomic E-state index is 14.0. The van der Waals surface area contributed by atoms with Crippen LogP contribution in [0.5, 0.6) is 0 Å². The Morgan fingerprint density at radius 1 is 1.29 bits per heavy atom. The van der Waals surface area contributed by atoms with Crippen molar-refractivity contribution in [1.29, 1.82) is 0 Å². The maximum absolute atomic E-state index is 14.0. The number of pyridine rings is 1. The molecule has 1 atom stereocenters. The van der Waals surface area contributed by atoms with Gasteiger partial charge in [0.15, 0.2) is 5.82 Å². The average Bonchev–Trinajstić information content (AvgIpc) is 2.98. The molecular weight excluding hydrogens is 307 g/mol. The Hall–Kier alpha value is -2.21. The van der Waals surface area contributed by atoms with Gasteiger partial charge in [0.2, 0.25) is 0 Å². The summed E-state index contributed by atoms with van der Waals surface area (Å²) in [7, 11) is 1.79. The highest BCUT2D eigenvalue weighted by Gasteiger charge is 2.35. The molecule has 5 nitrogen and oxygen atoms in total. The van der Waals surface area contributed by atoms with Crippen LogP contribution in [0.1, 0.15) is 23.3 Å². The first-order valence-electron chi connectivity index (χ1n) is 8.42. The van der Waals surface area contributed by atoms with Gasteiger partial charge in [-0.2, -0.15) is 0 Å². The summed E-state index contributed by atoms with van der Waals surface area (Å²) in [6, 6.07) is 5.38. The van der Waals surface area contributed by atoms with E-state index in [2.05, 4.69) is 15.2 Å². The van der Waals surface area contributed by atoms with E-state index in [1.165, 1.54) is 6.20 Å². The molecule has 1 N–H and O–H groups in total. The lowest BCUT2D eigenvalue weighted by Gasteiger charge is -2.44. The molecule has 2 bridgehead atoms. The fourth-order valence-electron chi connectivity index (χ4n) is 3.96. The molecule has 0 aliphatic carbocycles. The summed E-state index contributed by atoms with van der Waals surface area (Å²) in [5, 5.41) is 3.18. The van der Waals surface area contributed by atoms with Crippen molar-refractivity contribution in [3.63, 3.8) is 0 Å². The van der Waals surface area contributed by atoms with Crippen LogP contribution in [0.3, 0.4) is 0 Å². The predicted molar refractivity (Wildman–Crippen MR) is 89.0 cm³/mol. The maximum Gasteiger partial charge on any atom is 0.268 e. The van der Waals surface area contributed by atoms with Gasteiger partial charge in [-0.25, -0.2) is 4.39 Å². The molecule has 6 heteroatoms. The normalized spacial score (nSPS) is 25.7. The number of piperidine rings is 3. The zero-order valence-corrected chi connectivity index (χ0v) is 13.7. The van der Waals surface area contributed by atoms with E-state index in [0.717, 1.165) is 32.5 Å². The second kappa shape index (κ2) is 6.02. The number of hydrogen-bond donors (Lipinski definition) is 1. The molecule has 2 aromatic heterocycles. The minimum Gasteiger partial charge on any atom is -0.346 e. The van der Waals surface area contributed by atoms with Gasteiger partial charge in [-0.15, -0.1) is 0 Å². The van der Waals surface area contributed by atoms with E-state index in [1.807, 2.05) is 0 Å². The van der Waals surface area contributed by atoms with Crippen LogP contribution < -0.4 is 5.32 Å². The third-order valence-corrected chi connectivity index (χ3v) is 5.38. The first-order chi connectivity index (χ1) is 11.6. The first-order valence-corrected chi connectivity index (χ1v) is 8.42. The molecule has 3 saturated heterocycles. The number of amides is 1. The van der Waals surface area contributed by atoms with Gasteiger partial charge in [0.1, 0.15) is 5.69 Å².